The molecule has 0 amide bonds. The first kappa shape index (κ1) is 30.3. The van der Waals surface area contributed by atoms with Crippen molar-refractivity contribution in [2.24, 2.45) is 4.99 Å². The van der Waals surface area contributed by atoms with E-state index >= 15 is 0 Å². The highest BCUT2D eigenvalue weighted by Crippen LogP contribution is 2.32. The molecule has 2 N–H and O–H groups in total. The Bertz CT molecular complexity index is 1170. The molecule has 0 atom stereocenters. The minimum Gasteiger partial charge on any atom is -0.478 e. The van der Waals surface area contributed by atoms with E-state index in [1.54, 1.807) is 6.07 Å². The number of hydrogen-bond acceptors (Lipinski definition) is 7. The Hall–Kier alpha value is -3.28. The molecule has 0 aromatic heterocycles. The van der Waals surface area contributed by atoms with Gasteiger partial charge in [0, 0.05) is 57.2 Å². The van der Waals surface area contributed by atoms with Gasteiger partial charge in [0.05, 0.1) is 12.3 Å². The highest BCUT2D eigenvalue weighted by molar-refractivity contribution is 8.13. The molecule has 39 heavy (non-hydrogen) atoms. The maximum Gasteiger partial charge on any atom is 0.328 e. The SMILES string of the molecule is CN(C1=Nc2ccccc2CS1)C1CCN(CCCOCc2ccc(F)c(F)c2)CC1.O=C(O)C=CC(=O)O. The standard InChI is InChI=1S/C24H29F2N3OS.C4H4O4/c1-28(24-27-23-6-3-2-5-19(23)17-31-24)20-9-12-29(13-10-20)11-4-14-30-16-18-7-8-21(25)22(26)15-18;5-3(6)1-2-4(7)8/h2-3,5-8,15,20H,4,9-14,16-17H2,1H3;1-2H,(H,5,6)(H,7,8). The maximum atomic E-state index is 13.2. The summed E-state index contributed by atoms with van der Waals surface area (Å²) in [5, 5.41) is 16.8. The second kappa shape index (κ2) is 15.3. The zero-order valence-electron chi connectivity index (χ0n) is 21.8. The van der Waals surface area contributed by atoms with Crippen molar-refractivity contribution in [3.63, 3.8) is 0 Å². The van der Waals surface area contributed by atoms with Gasteiger partial charge < -0.3 is 24.7 Å². The van der Waals surface area contributed by atoms with Gasteiger partial charge in [-0.25, -0.2) is 23.4 Å². The largest absolute Gasteiger partial charge is 0.478 e. The molecule has 0 saturated carbocycles. The van der Waals surface area contributed by atoms with Gasteiger partial charge in [-0.1, -0.05) is 36.0 Å². The molecule has 11 heteroatoms. The van der Waals surface area contributed by atoms with Gasteiger partial charge in [0.2, 0.25) is 0 Å². The topological polar surface area (TPSA) is 103 Å². The maximum absolute atomic E-state index is 13.2. The number of amidine groups is 1. The first-order valence-electron chi connectivity index (χ1n) is 12.6. The Morgan fingerprint density at radius 3 is 2.46 bits per heavy atom. The number of piperidine rings is 1. The fourth-order valence-electron chi connectivity index (χ4n) is 4.24. The summed E-state index contributed by atoms with van der Waals surface area (Å²) in [6.07, 6.45) is 4.31. The van der Waals surface area contributed by atoms with Crippen molar-refractivity contribution in [1.82, 2.24) is 9.80 Å². The lowest BCUT2D eigenvalue weighted by Gasteiger charge is -2.38. The summed E-state index contributed by atoms with van der Waals surface area (Å²) in [4.78, 5) is 28.8. The lowest BCUT2D eigenvalue weighted by atomic mass is 10.0. The van der Waals surface area contributed by atoms with Crippen molar-refractivity contribution in [2.45, 2.75) is 37.7 Å². The fraction of sp³-hybridized carbons (Fsp3) is 0.393. The van der Waals surface area contributed by atoms with Gasteiger partial charge in [0.1, 0.15) is 0 Å². The third-order valence-corrected chi connectivity index (χ3v) is 7.45. The number of carboxylic acid groups (broad SMARTS) is 2. The van der Waals surface area contributed by atoms with Crippen LogP contribution in [0.4, 0.5) is 14.5 Å². The van der Waals surface area contributed by atoms with Gasteiger partial charge in [-0.05, 0) is 48.6 Å². The Morgan fingerprint density at radius 1 is 1.10 bits per heavy atom. The van der Waals surface area contributed by atoms with E-state index in [2.05, 4.69) is 41.1 Å². The summed E-state index contributed by atoms with van der Waals surface area (Å²) in [6.45, 7) is 4.08. The molecule has 2 heterocycles. The summed E-state index contributed by atoms with van der Waals surface area (Å²) in [5.74, 6) is -3.17. The van der Waals surface area contributed by atoms with E-state index in [1.165, 1.54) is 11.6 Å². The summed E-state index contributed by atoms with van der Waals surface area (Å²) in [5.41, 5.74) is 3.07. The summed E-state index contributed by atoms with van der Waals surface area (Å²) in [7, 11) is 2.17. The zero-order valence-corrected chi connectivity index (χ0v) is 22.6. The molecule has 1 fully saturated rings. The van der Waals surface area contributed by atoms with Crippen LogP contribution >= 0.6 is 11.8 Å². The van der Waals surface area contributed by atoms with Crippen LogP contribution in [-0.2, 0) is 26.7 Å². The number of nitrogens with zero attached hydrogens (tertiary/aromatic N) is 3. The molecule has 1 saturated heterocycles. The van der Waals surface area contributed by atoms with Crippen LogP contribution < -0.4 is 0 Å². The third kappa shape index (κ3) is 10.1. The quantitative estimate of drug-likeness (QED) is 0.329. The van der Waals surface area contributed by atoms with Crippen molar-refractivity contribution < 1.29 is 33.3 Å². The normalized spacial score (nSPS) is 15.7. The average molecular weight is 562 g/mol. The zero-order chi connectivity index (χ0) is 28.2. The van der Waals surface area contributed by atoms with Gasteiger partial charge in [-0.3, -0.25) is 0 Å². The first-order chi connectivity index (χ1) is 18.7. The van der Waals surface area contributed by atoms with Crippen LogP contribution in [0.15, 0.2) is 59.6 Å². The Balaban J connectivity index is 0.000000459. The molecule has 210 valence electrons. The number of ether oxygens (including phenoxy) is 1. The second-order valence-corrected chi connectivity index (χ2v) is 10.1. The molecule has 2 aliphatic rings. The predicted octanol–water partition coefficient (Wildman–Crippen LogP) is 4.91. The molecule has 2 aliphatic heterocycles. The van der Waals surface area contributed by atoms with Gasteiger partial charge in [-0.15, -0.1) is 0 Å². The Labute approximate surface area is 231 Å². The van der Waals surface area contributed by atoms with E-state index in [-0.39, 0.29) is 0 Å². The monoisotopic (exact) mass is 561 g/mol. The molecule has 0 aliphatic carbocycles. The highest BCUT2D eigenvalue weighted by atomic mass is 32.2. The van der Waals surface area contributed by atoms with E-state index in [1.807, 2.05) is 11.8 Å². The van der Waals surface area contributed by atoms with Crippen molar-refractivity contribution in [3.8, 4) is 0 Å². The minimum atomic E-state index is -1.26. The van der Waals surface area contributed by atoms with Crippen molar-refractivity contribution >= 4 is 34.6 Å². The number of rotatable bonds is 9. The van der Waals surface area contributed by atoms with Crippen LogP contribution in [-0.4, -0.2) is 76.4 Å². The van der Waals surface area contributed by atoms with Gasteiger partial charge in [0.15, 0.2) is 16.8 Å². The number of para-hydroxylation sites is 1. The number of likely N-dealkylation sites (tertiary alicyclic amines) is 1. The van der Waals surface area contributed by atoms with Crippen molar-refractivity contribution in [1.29, 1.82) is 0 Å². The molecule has 0 radical (unpaired) electrons. The van der Waals surface area contributed by atoms with Crippen LogP contribution in [0, 0.1) is 11.6 Å². The number of fused-ring (bicyclic) bond motifs is 1. The van der Waals surface area contributed by atoms with Crippen LogP contribution in [0.1, 0.15) is 30.4 Å². The molecule has 0 unspecified atom stereocenters. The molecule has 8 nitrogen and oxygen atoms in total. The van der Waals surface area contributed by atoms with Crippen LogP contribution in [0.2, 0.25) is 0 Å². The number of aliphatic carboxylic acids is 2. The lowest BCUT2D eigenvalue weighted by molar-refractivity contribution is -0.134. The molecule has 0 spiro atoms. The van der Waals surface area contributed by atoms with Crippen LogP contribution in [0.25, 0.3) is 0 Å². The molecular formula is C28H33F2N3O5S. The first-order valence-corrected chi connectivity index (χ1v) is 13.6. The number of carboxylic acids is 2. The van der Waals surface area contributed by atoms with Crippen molar-refractivity contribution in [3.05, 3.63) is 77.4 Å². The molecule has 4 rings (SSSR count). The average Bonchev–Trinajstić information content (AvgIpc) is 2.93. The van der Waals surface area contributed by atoms with E-state index < -0.39 is 23.6 Å². The molecule has 2 aromatic rings. The van der Waals surface area contributed by atoms with E-state index in [0.29, 0.717) is 37.0 Å². The van der Waals surface area contributed by atoms with Gasteiger partial charge in [0.25, 0.3) is 0 Å². The van der Waals surface area contributed by atoms with Crippen molar-refractivity contribution in [2.75, 3.05) is 33.3 Å². The van der Waals surface area contributed by atoms with Gasteiger partial charge in [-0.2, -0.15) is 0 Å². The fourth-order valence-corrected chi connectivity index (χ4v) is 5.28. The summed E-state index contributed by atoms with van der Waals surface area (Å²) >= 11 is 1.83. The summed E-state index contributed by atoms with van der Waals surface area (Å²) < 4.78 is 31.8. The number of aliphatic imine (C=N–C) groups is 1. The predicted molar refractivity (Wildman–Crippen MR) is 147 cm³/mol. The number of benzene rings is 2. The van der Waals surface area contributed by atoms with Crippen LogP contribution in [0.5, 0.6) is 0 Å². The Kier molecular flexibility index (Phi) is 11.9. The highest BCUT2D eigenvalue weighted by Gasteiger charge is 2.26. The van der Waals surface area contributed by atoms with E-state index in [4.69, 9.17) is 19.9 Å². The summed E-state index contributed by atoms with van der Waals surface area (Å²) in [6, 6.07) is 12.8. The number of carbonyl (C=O) groups is 2. The second-order valence-electron chi connectivity index (χ2n) is 9.16. The Morgan fingerprint density at radius 2 is 1.79 bits per heavy atom. The molecular weight excluding hydrogens is 528 g/mol. The minimum absolute atomic E-state index is 0.312. The van der Waals surface area contributed by atoms with Crippen LogP contribution in [0.3, 0.4) is 0 Å². The number of hydrogen-bond donors (Lipinski definition) is 2. The number of halogens is 2. The number of thioether (sulfide) groups is 1. The van der Waals surface area contributed by atoms with E-state index in [9.17, 15) is 18.4 Å². The molecule has 2 aromatic carbocycles. The van der Waals surface area contributed by atoms with Gasteiger partial charge >= 0.3 is 11.9 Å². The smallest absolute Gasteiger partial charge is 0.328 e. The molecule has 0 bridgehead atoms. The van der Waals surface area contributed by atoms with E-state index in [0.717, 1.165) is 61.6 Å². The lowest BCUT2D eigenvalue weighted by Crippen LogP contribution is -2.45. The third-order valence-electron chi connectivity index (χ3n) is 6.36.